The van der Waals surface area contributed by atoms with Gasteiger partial charge in [-0.1, -0.05) is 58.4 Å². The lowest BCUT2D eigenvalue weighted by atomic mass is 10.1. The third-order valence-electron chi connectivity index (χ3n) is 5.61. The van der Waals surface area contributed by atoms with E-state index in [4.69, 9.17) is 0 Å². The van der Waals surface area contributed by atoms with Gasteiger partial charge in [0.1, 0.15) is 0 Å². The van der Waals surface area contributed by atoms with Crippen molar-refractivity contribution in [3.8, 4) is 0 Å². The zero-order valence-corrected chi connectivity index (χ0v) is 19.5. The Kier molecular flexibility index (Phi) is 7.19. The third-order valence-corrected chi connectivity index (χ3v) is 6.13. The Morgan fingerprint density at radius 1 is 0.939 bits per heavy atom. The lowest BCUT2D eigenvalue weighted by Gasteiger charge is -2.17. The average molecular weight is 506 g/mol. The first-order chi connectivity index (χ1) is 16.0. The van der Waals surface area contributed by atoms with E-state index in [9.17, 15) is 14.4 Å². The van der Waals surface area contributed by atoms with Crippen molar-refractivity contribution in [3.63, 3.8) is 0 Å². The fourth-order valence-electron chi connectivity index (χ4n) is 3.84. The molecule has 1 aliphatic rings. The van der Waals surface area contributed by atoms with E-state index in [1.807, 2.05) is 54.6 Å². The fraction of sp³-hybridized carbons (Fsp3) is 0.192. The molecule has 0 bridgehead atoms. The molecule has 4 rings (SSSR count). The normalized spacial score (nSPS) is 15.4. The monoisotopic (exact) mass is 505 g/mol. The first-order valence-corrected chi connectivity index (χ1v) is 11.6. The number of anilines is 2. The molecular weight excluding hydrogens is 482 g/mol. The van der Waals surface area contributed by atoms with Gasteiger partial charge in [0, 0.05) is 29.7 Å². The maximum atomic E-state index is 12.9. The van der Waals surface area contributed by atoms with Crippen molar-refractivity contribution < 1.29 is 14.4 Å². The molecule has 6 nitrogen and oxygen atoms in total. The Morgan fingerprint density at radius 2 is 1.64 bits per heavy atom. The smallest absolute Gasteiger partial charge is 0.253 e. The molecule has 1 atom stereocenters. The minimum atomic E-state index is -0.490. The van der Waals surface area contributed by atoms with Gasteiger partial charge in [0.15, 0.2) is 0 Å². The summed E-state index contributed by atoms with van der Waals surface area (Å²) in [6.07, 6.45) is 0.852. The number of halogens is 1. The molecule has 33 heavy (non-hydrogen) atoms. The van der Waals surface area contributed by atoms with Crippen molar-refractivity contribution in [2.24, 2.45) is 5.92 Å². The summed E-state index contributed by atoms with van der Waals surface area (Å²) in [6, 6.07) is 24.2. The maximum absolute atomic E-state index is 12.9. The van der Waals surface area contributed by atoms with Gasteiger partial charge in [0.2, 0.25) is 11.8 Å². The van der Waals surface area contributed by atoms with Crippen LogP contribution in [0.1, 0.15) is 22.3 Å². The molecule has 0 aromatic heterocycles. The lowest BCUT2D eigenvalue weighted by molar-refractivity contribution is -0.122. The number of rotatable bonds is 7. The highest BCUT2D eigenvalue weighted by molar-refractivity contribution is 9.10. The number of amides is 3. The van der Waals surface area contributed by atoms with Crippen molar-refractivity contribution in [3.05, 3.63) is 94.5 Å². The summed E-state index contributed by atoms with van der Waals surface area (Å²) in [5.41, 5.74) is 2.74. The van der Waals surface area contributed by atoms with Crippen molar-refractivity contribution >= 4 is 45.0 Å². The predicted molar refractivity (Wildman–Crippen MR) is 132 cm³/mol. The molecule has 0 radical (unpaired) electrons. The van der Waals surface area contributed by atoms with Crippen LogP contribution in [-0.2, 0) is 16.0 Å². The summed E-state index contributed by atoms with van der Waals surface area (Å²) in [5, 5.41) is 5.77. The Hall–Kier alpha value is -3.45. The topological polar surface area (TPSA) is 78.5 Å². The highest BCUT2D eigenvalue weighted by Gasteiger charge is 2.35. The van der Waals surface area contributed by atoms with Crippen LogP contribution in [0.2, 0.25) is 0 Å². The van der Waals surface area contributed by atoms with E-state index < -0.39 is 5.92 Å². The second-order valence-electron chi connectivity index (χ2n) is 7.91. The summed E-state index contributed by atoms with van der Waals surface area (Å²) in [7, 11) is 0. The largest absolute Gasteiger partial charge is 0.352 e. The van der Waals surface area contributed by atoms with E-state index in [1.165, 1.54) is 0 Å². The molecule has 0 aliphatic carbocycles. The van der Waals surface area contributed by atoms with E-state index in [2.05, 4.69) is 26.6 Å². The van der Waals surface area contributed by atoms with Gasteiger partial charge in [-0.2, -0.15) is 0 Å². The molecule has 7 heteroatoms. The molecule has 3 amide bonds. The highest BCUT2D eigenvalue weighted by Crippen LogP contribution is 2.27. The molecule has 3 aromatic rings. The summed E-state index contributed by atoms with van der Waals surface area (Å²) >= 11 is 3.39. The van der Waals surface area contributed by atoms with Crippen LogP contribution in [0, 0.1) is 5.92 Å². The first kappa shape index (κ1) is 22.7. The van der Waals surface area contributed by atoms with Crippen LogP contribution in [-0.4, -0.2) is 30.8 Å². The Morgan fingerprint density at radius 3 is 2.39 bits per heavy atom. The third kappa shape index (κ3) is 5.68. The molecular formula is C26H24BrN3O3. The van der Waals surface area contributed by atoms with Crippen molar-refractivity contribution in [2.75, 3.05) is 23.3 Å². The number of para-hydroxylation sites is 1. The number of hydrogen-bond acceptors (Lipinski definition) is 3. The van der Waals surface area contributed by atoms with E-state index >= 15 is 0 Å². The van der Waals surface area contributed by atoms with Crippen LogP contribution in [0.25, 0.3) is 0 Å². The molecule has 0 unspecified atom stereocenters. The second kappa shape index (κ2) is 10.4. The van der Waals surface area contributed by atoms with Gasteiger partial charge >= 0.3 is 0 Å². The predicted octanol–water partition coefficient (Wildman–Crippen LogP) is 4.41. The second-order valence-corrected chi connectivity index (χ2v) is 8.82. The zero-order chi connectivity index (χ0) is 23.2. The minimum absolute atomic E-state index is 0.0931. The van der Waals surface area contributed by atoms with Gasteiger partial charge in [-0.15, -0.1) is 0 Å². The molecule has 1 aliphatic heterocycles. The first-order valence-electron chi connectivity index (χ1n) is 10.8. The van der Waals surface area contributed by atoms with Crippen molar-refractivity contribution in [1.82, 2.24) is 5.32 Å². The highest BCUT2D eigenvalue weighted by atomic mass is 79.9. The standard InChI is InChI=1S/C26H24BrN3O3/c27-20-10-12-21(13-11-20)30-17-19(16-24(30)31)25(32)29-23-9-5-4-8-22(23)26(33)28-15-14-18-6-2-1-3-7-18/h1-13,19H,14-17H2,(H,28,33)(H,29,32)/t19-/m1/s1. The number of nitrogens with one attached hydrogen (secondary N) is 2. The van der Waals surface area contributed by atoms with E-state index in [0.717, 1.165) is 22.1 Å². The average Bonchev–Trinajstić information content (AvgIpc) is 3.22. The lowest BCUT2D eigenvalue weighted by Crippen LogP contribution is -2.30. The number of carbonyl (C=O) groups is 3. The number of benzene rings is 3. The SMILES string of the molecule is O=C(NCCc1ccccc1)c1ccccc1NC(=O)[C@@H]1CC(=O)N(c2ccc(Br)cc2)C1. The molecule has 1 saturated heterocycles. The zero-order valence-electron chi connectivity index (χ0n) is 18.0. The van der Waals surface area contributed by atoms with Crippen LogP contribution in [0.4, 0.5) is 11.4 Å². The minimum Gasteiger partial charge on any atom is -0.352 e. The van der Waals surface area contributed by atoms with Gasteiger partial charge < -0.3 is 15.5 Å². The van der Waals surface area contributed by atoms with Crippen LogP contribution >= 0.6 is 15.9 Å². The molecule has 0 spiro atoms. The van der Waals surface area contributed by atoms with E-state index in [1.54, 1.807) is 29.2 Å². The van der Waals surface area contributed by atoms with Crippen molar-refractivity contribution in [2.45, 2.75) is 12.8 Å². The molecule has 2 N–H and O–H groups in total. The van der Waals surface area contributed by atoms with Gasteiger partial charge in [-0.25, -0.2) is 0 Å². The van der Waals surface area contributed by atoms with E-state index in [-0.39, 0.29) is 24.1 Å². The Balaban J connectivity index is 1.38. The summed E-state index contributed by atoms with van der Waals surface area (Å²) < 4.78 is 0.922. The fourth-order valence-corrected chi connectivity index (χ4v) is 4.10. The number of nitrogens with zero attached hydrogens (tertiary/aromatic N) is 1. The molecule has 168 valence electrons. The Bertz CT molecular complexity index is 1150. The molecule has 1 fully saturated rings. The number of hydrogen-bond donors (Lipinski definition) is 2. The maximum Gasteiger partial charge on any atom is 0.253 e. The van der Waals surface area contributed by atoms with Crippen LogP contribution in [0.3, 0.4) is 0 Å². The van der Waals surface area contributed by atoms with Crippen LogP contribution in [0.15, 0.2) is 83.3 Å². The number of carbonyl (C=O) groups excluding carboxylic acids is 3. The molecule has 1 heterocycles. The van der Waals surface area contributed by atoms with E-state index in [0.29, 0.717) is 24.3 Å². The van der Waals surface area contributed by atoms with Crippen molar-refractivity contribution in [1.29, 1.82) is 0 Å². The molecule has 0 saturated carbocycles. The van der Waals surface area contributed by atoms with Gasteiger partial charge in [0.05, 0.1) is 17.2 Å². The van der Waals surface area contributed by atoms with Gasteiger partial charge in [0.25, 0.3) is 5.91 Å². The van der Waals surface area contributed by atoms with Gasteiger partial charge in [-0.05, 0) is 48.4 Å². The summed E-state index contributed by atoms with van der Waals surface area (Å²) in [6.45, 7) is 0.794. The van der Waals surface area contributed by atoms with Crippen LogP contribution in [0.5, 0.6) is 0 Å². The Labute approximate surface area is 201 Å². The molecule has 3 aromatic carbocycles. The quantitative estimate of drug-likeness (QED) is 0.499. The van der Waals surface area contributed by atoms with Gasteiger partial charge in [-0.3, -0.25) is 14.4 Å². The van der Waals surface area contributed by atoms with Crippen LogP contribution < -0.4 is 15.5 Å². The summed E-state index contributed by atoms with van der Waals surface area (Å²) in [4.78, 5) is 39.8. The summed E-state index contributed by atoms with van der Waals surface area (Å²) in [5.74, 6) is -1.10.